The van der Waals surface area contributed by atoms with Gasteiger partial charge in [0, 0.05) is 19.2 Å². The lowest BCUT2D eigenvalue weighted by atomic mass is 10.2. The van der Waals surface area contributed by atoms with Crippen molar-refractivity contribution in [1.82, 2.24) is 9.78 Å². The van der Waals surface area contributed by atoms with Crippen LogP contribution in [0.5, 0.6) is 0 Å². The summed E-state index contributed by atoms with van der Waals surface area (Å²) in [5.41, 5.74) is 6.45. The molecule has 2 N–H and O–H groups in total. The van der Waals surface area contributed by atoms with Crippen LogP contribution in [-0.2, 0) is 11.8 Å². The number of aromatic nitrogens is 2. The number of carbonyl (C=O) groups excluding carboxylic acids is 1. The zero-order valence-electron chi connectivity index (χ0n) is 8.23. The molecule has 5 heteroatoms. The van der Waals surface area contributed by atoms with Gasteiger partial charge in [0.2, 0.25) is 0 Å². The number of hydrogen-bond donors (Lipinski definition) is 1. The lowest BCUT2D eigenvalue weighted by Gasteiger charge is -2.00. The van der Waals surface area contributed by atoms with Gasteiger partial charge in [-0.2, -0.15) is 5.10 Å². The standard InChI is InChI=1S/C9H13N3O2/c1-12-8(9(13)14-2)7(6-11-12)4-3-5-10/h3-4,6H,5,10H2,1-2H3. The minimum Gasteiger partial charge on any atom is -0.464 e. The molecule has 0 saturated heterocycles. The second kappa shape index (κ2) is 4.57. The predicted molar refractivity (Wildman–Crippen MR) is 52.6 cm³/mol. The minimum absolute atomic E-state index is 0.401. The molecule has 0 amide bonds. The average molecular weight is 195 g/mol. The molecule has 0 aliphatic heterocycles. The van der Waals surface area contributed by atoms with Crippen LogP contribution in [0.3, 0.4) is 0 Å². The van der Waals surface area contributed by atoms with Gasteiger partial charge in [-0.05, 0) is 0 Å². The van der Waals surface area contributed by atoms with Gasteiger partial charge in [0.05, 0.1) is 13.3 Å². The maximum absolute atomic E-state index is 11.3. The summed E-state index contributed by atoms with van der Waals surface area (Å²) in [5, 5.41) is 3.96. The van der Waals surface area contributed by atoms with Crippen LogP contribution in [0.25, 0.3) is 6.08 Å². The van der Waals surface area contributed by atoms with Crippen LogP contribution in [-0.4, -0.2) is 29.4 Å². The number of methoxy groups -OCH3 is 1. The van der Waals surface area contributed by atoms with Crippen molar-refractivity contribution in [3.05, 3.63) is 23.5 Å². The molecule has 1 heterocycles. The number of aryl methyl sites for hydroxylation is 1. The van der Waals surface area contributed by atoms with E-state index in [2.05, 4.69) is 9.84 Å². The first-order chi connectivity index (χ1) is 6.70. The van der Waals surface area contributed by atoms with Crippen molar-refractivity contribution in [3.63, 3.8) is 0 Å². The van der Waals surface area contributed by atoms with Gasteiger partial charge < -0.3 is 10.5 Å². The molecule has 0 spiro atoms. The normalized spacial score (nSPS) is 10.8. The molecule has 5 nitrogen and oxygen atoms in total. The third-order valence-corrected chi connectivity index (χ3v) is 1.78. The molecular formula is C9H13N3O2. The first-order valence-corrected chi connectivity index (χ1v) is 4.17. The number of rotatable bonds is 3. The highest BCUT2D eigenvalue weighted by atomic mass is 16.5. The molecule has 0 saturated carbocycles. The quantitative estimate of drug-likeness (QED) is 0.698. The van der Waals surface area contributed by atoms with Crippen LogP contribution >= 0.6 is 0 Å². The summed E-state index contributed by atoms with van der Waals surface area (Å²) in [6.07, 6.45) is 5.10. The van der Waals surface area contributed by atoms with E-state index >= 15 is 0 Å². The fourth-order valence-corrected chi connectivity index (χ4v) is 1.12. The molecule has 1 rings (SSSR count). The van der Waals surface area contributed by atoms with Crippen molar-refractivity contribution in [1.29, 1.82) is 0 Å². The fourth-order valence-electron chi connectivity index (χ4n) is 1.12. The molecule has 1 aromatic rings. The van der Waals surface area contributed by atoms with E-state index in [1.165, 1.54) is 11.8 Å². The van der Waals surface area contributed by atoms with Crippen molar-refractivity contribution in [2.75, 3.05) is 13.7 Å². The van der Waals surface area contributed by atoms with Gasteiger partial charge in [-0.3, -0.25) is 4.68 Å². The van der Waals surface area contributed by atoms with Crippen LogP contribution in [0.15, 0.2) is 12.3 Å². The molecule has 0 aromatic carbocycles. The van der Waals surface area contributed by atoms with Crippen LogP contribution in [0, 0.1) is 0 Å². The van der Waals surface area contributed by atoms with Gasteiger partial charge in [-0.1, -0.05) is 12.2 Å². The maximum atomic E-state index is 11.3. The van der Waals surface area contributed by atoms with Crippen molar-refractivity contribution < 1.29 is 9.53 Å². The van der Waals surface area contributed by atoms with Crippen molar-refractivity contribution in [3.8, 4) is 0 Å². The number of nitrogens with zero attached hydrogens (tertiary/aromatic N) is 2. The van der Waals surface area contributed by atoms with Crippen molar-refractivity contribution >= 4 is 12.0 Å². The zero-order chi connectivity index (χ0) is 10.6. The Kier molecular flexibility index (Phi) is 3.41. The molecule has 14 heavy (non-hydrogen) atoms. The van der Waals surface area contributed by atoms with Crippen molar-refractivity contribution in [2.24, 2.45) is 12.8 Å². The number of hydrogen-bond acceptors (Lipinski definition) is 4. The topological polar surface area (TPSA) is 70.1 Å². The van der Waals surface area contributed by atoms with Crippen molar-refractivity contribution in [2.45, 2.75) is 0 Å². The monoisotopic (exact) mass is 195 g/mol. The Bertz CT molecular complexity index is 355. The molecular weight excluding hydrogens is 182 g/mol. The predicted octanol–water partition coefficient (Wildman–Crippen LogP) is 0.179. The molecule has 0 bridgehead atoms. The highest BCUT2D eigenvalue weighted by Gasteiger charge is 2.14. The largest absolute Gasteiger partial charge is 0.464 e. The summed E-state index contributed by atoms with van der Waals surface area (Å²) in [7, 11) is 3.03. The molecule has 0 aliphatic rings. The van der Waals surface area contributed by atoms with Crippen LogP contribution < -0.4 is 5.73 Å². The Hall–Kier alpha value is -1.62. The Morgan fingerprint density at radius 2 is 2.50 bits per heavy atom. The molecule has 0 radical (unpaired) electrons. The third-order valence-electron chi connectivity index (χ3n) is 1.78. The van der Waals surface area contributed by atoms with Gasteiger partial charge in [-0.25, -0.2) is 4.79 Å². The van der Waals surface area contributed by atoms with E-state index in [1.807, 2.05) is 0 Å². The first kappa shape index (κ1) is 10.5. The highest BCUT2D eigenvalue weighted by Crippen LogP contribution is 2.10. The highest BCUT2D eigenvalue weighted by molar-refractivity contribution is 5.91. The fraction of sp³-hybridized carbons (Fsp3) is 0.333. The van der Waals surface area contributed by atoms with E-state index < -0.39 is 5.97 Å². The zero-order valence-corrected chi connectivity index (χ0v) is 8.23. The summed E-state index contributed by atoms with van der Waals surface area (Å²) in [6.45, 7) is 0.426. The van der Waals surface area contributed by atoms with E-state index in [4.69, 9.17) is 5.73 Å². The number of ether oxygens (including phenoxy) is 1. The van der Waals surface area contributed by atoms with Crippen LogP contribution in [0.1, 0.15) is 16.1 Å². The Balaban J connectivity index is 3.06. The maximum Gasteiger partial charge on any atom is 0.356 e. The molecule has 0 aliphatic carbocycles. The molecule has 76 valence electrons. The number of esters is 1. The second-order valence-electron chi connectivity index (χ2n) is 2.70. The smallest absolute Gasteiger partial charge is 0.356 e. The van der Waals surface area contributed by atoms with E-state index in [-0.39, 0.29) is 0 Å². The summed E-state index contributed by atoms with van der Waals surface area (Å²) in [6, 6.07) is 0. The second-order valence-corrected chi connectivity index (χ2v) is 2.70. The van der Waals surface area contributed by atoms with Gasteiger partial charge in [0.25, 0.3) is 0 Å². The number of carbonyl (C=O) groups is 1. The lowest BCUT2D eigenvalue weighted by Crippen LogP contribution is -2.09. The summed E-state index contributed by atoms with van der Waals surface area (Å²) in [5.74, 6) is -0.401. The summed E-state index contributed by atoms with van der Waals surface area (Å²) in [4.78, 5) is 11.3. The molecule has 0 atom stereocenters. The van der Waals surface area contributed by atoms with Gasteiger partial charge in [0.1, 0.15) is 0 Å². The van der Waals surface area contributed by atoms with E-state index in [1.54, 1.807) is 25.4 Å². The Morgan fingerprint density at radius 3 is 3.07 bits per heavy atom. The van der Waals surface area contributed by atoms with Gasteiger partial charge in [0.15, 0.2) is 5.69 Å². The average Bonchev–Trinajstić information content (AvgIpc) is 2.55. The lowest BCUT2D eigenvalue weighted by molar-refractivity contribution is 0.0588. The van der Waals surface area contributed by atoms with E-state index in [0.29, 0.717) is 17.8 Å². The van der Waals surface area contributed by atoms with Crippen LogP contribution in [0.4, 0.5) is 0 Å². The van der Waals surface area contributed by atoms with Gasteiger partial charge >= 0.3 is 5.97 Å². The summed E-state index contributed by atoms with van der Waals surface area (Å²) >= 11 is 0. The molecule has 0 unspecified atom stereocenters. The first-order valence-electron chi connectivity index (χ1n) is 4.17. The van der Waals surface area contributed by atoms with E-state index in [0.717, 1.165) is 0 Å². The van der Waals surface area contributed by atoms with E-state index in [9.17, 15) is 4.79 Å². The molecule has 0 fully saturated rings. The molecule has 1 aromatic heterocycles. The minimum atomic E-state index is -0.401. The third kappa shape index (κ3) is 2.00. The Labute approximate surface area is 82.2 Å². The summed E-state index contributed by atoms with van der Waals surface area (Å²) < 4.78 is 6.11. The van der Waals surface area contributed by atoms with Crippen LogP contribution in [0.2, 0.25) is 0 Å². The SMILES string of the molecule is COC(=O)c1c(C=CCN)cnn1C. The number of nitrogens with two attached hydrogens (primary N) is 1. The Morgan fingerprint density at radius 1 is 1.79 bits per heavy atom. The van der Waals surface area contributed by atoms with Gasteiger partial charge in [-0.15, -0.1) is 0 Å².